The second kappa shape index (κ2) is 11.5. The zero-order chi connectivity index (χ0) is 22.1. The van der Waals surface area contributed by atoms with Gasteiger partial charge in [-0.15, -0.1) is 0 Å². The first kappa shape index (κ1) is 24.4. The number of anilines is 1. The number of hydrogen-bond donors (Lipinski definition) is 2. The number of thiol groups is 1. The number of nitrogens with one attached hydrogen (secondary N) is 1. The van der Waals surface area contributed by atoms with Crippen molar-refractivity contribution in [1.82, 2.24) is 5.32 Å². The van der Waals surface area contributed by atoms with Crippen molar-refractivity contribution in [2.75, 3.05) is 24.7 Å². The van der Waals surface area contributed by atoms with Crippen molar-refractivity contribution >= 4 is 41.1 Å². The molecule has 1 N–H and O–H groups in total. The van der Waals surface area contributed by atoms with Crippen molar-refractivity contribution in [3.8, 4) is 0 Å². The van der Waals surface area contributed by atoms with E-state index in [4.69, 9.17) is 0 Å². The van der Waals surface area contributed by atoms with Crippen molar-refractivity contribution in [2.45, 2.75) is 38.5 Å². The number of thioether (sulfide) groups is 1. The number of nitrogens with zero attached hydrogens (tertiary/aromatic N) is 1. The Morgan fingerprint density at radius 1 is 1.03 bits per heavy atom. The van der Waals surface area contributed by atoms with Crippen LogP contribution in [0, 0.1) is 5.41 Å². The third kappa shape index (κ3) is 7.40. The highest BCUT2D eigenvalue weighted by molar-refractivity contribution is 8.13. The van der Waals surface area contributed by atoms with Crippen molar-refractivity contribution in [1.29, 1.82) is 0 Å². The topological polar surface area (TPSA) is 49.4 Å². The number of carbonyl (C=O) groups excluding carboxylic acids is 2. The summed E-state index contributed by atoms with van der Waals surface area (Å²) in [6.45, 7) is 3.68. The van der Waals surface area contributed by atoms with E-state index in [0.717, 1.165) is 23.2 Å². The van der Waals surface area contributed by atoms with Crippen LogP contribution in [0.2, 0.25) is 0 Å². The summed E-state index contributed by atoms with van der Waals surface area (Å²) in [7, 11) is 4.01. The minimum Gasteiger partial charge on any atom is -0.378 e. The van der Waals surface area contributed by atoms with Gasteiger partial charge in [0.2, 0.25) is 11.0 Å². The predicted octanol–water partition coefficient (Wildman–Crippen LogP) is 4.59. The van der Waals surface area contributed by atoms with E-state index in [1.165, 1.54) is 11.8 Å². The van der Waals surface area contributed by atoms with E-state index in [-0.39, 0.29) is 11.0 Å². The molecule has 0 fully saturated rings. The summed E-state index contributed by atoms with van der Waals surface area (Å²) in [6, 6.07) is 17.7. The molecule has 0 saturated heterocycles. The van der Waals surface area contributed by atoms with Crippen LogP contribution in [0.3, 0.4) is 0 Å². The molecule has 0 unspecified atom stereocenters. The Labute approximate surface area is 190 Å². The number of hydrogen-bond acceptors (Lipinski definition) is 5. The Bertz CT molecular complexity index is 821. The molecule has 0 aliphatic heterocycles. The van der Waals surface area contributed by atoms with Gasteiger partial charge in [0, 0.05) is 31.3 Å². The molecule has 4 nitrogen and oxygen atoms in total. The summed E-state index contributed by atoms with van der Waals surface area (Å²) in [6.07, 6.45) is 1.29. The third-order valence-corrected chi connectivity index (χ3v) is 6.84. The maximum absolute atomic E-state index is 13.0. The van der Waals surface area contributed by atoms with Crippen LogP contribution in [-0.4, -0.2) is 36.9 Å². The Morgan fingerprint density at radius 3 is 2.23 bits per heavy atom. The number of benzene rings is 2. The first-order valence-corrected chi connectivity index (χ1v) is 11.7. The lowest BCUT2D eigenvalue weighted by Gasteiger charge is -2.25. The standard InChI is InChI=1S/C24H32N2O2S2/c1-24(2,17-29)23(28)25-21(22(27)30-16-19-8-6-5-7-9-19)15-12-18-10-13-20(14-11-18)26(3)4/h5-11,13-14,21,29H,12,15-17H2,1-4H3,(H,25,28)/t21-/m1/s1. The number of amides is 1. The van der Waals surface area contributed by atoms with Crippen LogP contribution >= 0.6 is 24.4 Å². The van der Waals surface area contributed by atoms with E-state index >= 15 is 0 Å². The molecule has 2 rings (SSSR count). The van der Waals surface area contributed by atoms with Crippen molar-refractivity contribution in [2.24, 2.45) is 5.41 Å². The van der Waals surface area contributed by atoms with Gasteiger partial charge in [-0.25, -0.2) is 0 Å². The smallest absolute Gasteiger partial charge is 0.227 e. The van der Waals surface area contributed by atoms with Crippen molar-refractivity contribution in [3.63, 3.8) is 0 Å². The van der Waals surface area contributed by atoms with Crippen LogP contribution in [-0.2, 0) is 21.8 Å². The van der Waals surface area contributed by atoms with Crippen LogP contribution in [0.25, 0.3) is 0 Å². The van der Waals surface area contributed by atoms with Gasteiger partial charge < -0.3 is 10.2 Å². The van der Waals surface area contributed by atoms with E-state index in [2.05, 4.69) is 47.1 Å². The fraction of sp³-hybridized carbons (Fsp3) is 0.417. The van der Waals surface area contributed by atoms with Crippen LogP contribution in [0.4, 0.5) is 5.69 Å². The first-order chi connectivity index (χ1) is 14.2. The molecular weight excluding hydrogens is 412 g/mol. The number of rotatable bonds is 10. The summed E-state index contributed by atoms with van der Waals surface area (Å²) in [5.74, 6) is 0.877. The van der Waals surface area contributed by atoms with Gasteiger partial charge in [-0.1, -0.05) is 68.1 Å². The molecule has 2 aromatic carbocycles. The van der Waals surface area contributed by atoms with E-state index in [9.17, 15) is 9.59 Å². The Morgan fingerprint density at radius 2 is 1.67 bits per heavy atom. The maximum atomic E-state index is 13.0. The van der Waals surface area contributed by atoms with Gasteiger partial charge in [0.25, 0.3) is 0 Å². The lowest BCUT2D eigenvalue weighted by atomic mass is 9.94. The normalized spacial score (nSPS) is 12.3. The van der Waals surface area contributed by atoms with Gasteiger partial charge in [-0.3, -0.25) is 9.59 Å². The molecule has 1 amide bonds. The van der Waals surface area contributed by atoms with E-state index in [1.54, 1.807) is 0 Å². The highest BCUT2D eigenvalue weighted by Crippen LogP contribution is 2.21. The van der Waals surface area contributed by atoms with E-state index in [1.807, 2.05) is 58.3 Å². The highest BCUT2D eigenvalue weighted by Gasteiger charge is 2.30. The van der Waals surface area contributed by atoms with Gasteiger partial charge in [0.1, 0.15) is 0 Å². The molecule has 0 aliphatic rings. The molecule has 6 heteroatoms. The van der Waals surface area contributed by atoms with Gasteiger partial charge >= 0.3 is 0 Å². The average molecular weight is 445 g/mol. The largest absolute Gasteiger partial charge is 0.378 e. The van der Waals surface area contributed by atoms with Crippen molar-refractivity contribution < 1.29 is 9.59 Å². The Kier molecular flexibility index (Phi) is 9.31. The summed E-state index contributed by atoms with van der Waals surface area (Å²) in [4.78, 5) is 27.7. The molecular formula is C24H32N2O2S2. The van der Waals surface area contributed by atoms with E-state index < -0.39 is 11.5 Å². The molecule has 0 heterocycles. The maximum Gasteiger partial charge on any atom is 0.227 e. The monoisotopic (exact) mass is 444 g/mol. The third-order valence-electron chi connectivity index (χ3n) is 5.00. The average Bonchev–Trinajstić information content (AvgIpc) is 2.75. The predicted molar refractivity (Wildman–Crippen MR) is 131 cm³/mol. The fourth-order valence-corrected chi connectivity index (χ4v) is 3.80. The van der Waals surface area contributed by atoms with Crippen LogP contribution < -0.4 is 10.2 Å². The van der Waals surface area contributed by atoms with Crippen molar-refractivity contribution in [3.05, 3.63) is 65.7 Å². The molecule has 162 valence electrons. The highest BCUT2D eigenvalue weighted by atomic mass is 32.2. The van der Waals surface area contributed by atoms with Gasteiger partial charge in [-0.2, -0.15) is 12.6 Å². The molecule has 0 aromatic heterocycles. The quantitative estimate of drug-likeness (QED) is 0.527. The minimum atomic E-state index is -0.626. The van der Waals surface area contributed by atoms with Crippen LogP contribution in [0.1, 0.15) is 31.4 Å². The zero-order valence-corrected chi connectivity index (χ0v) is 19.9. The number of aryl methyl sites for hydroxylation is 1. The lowest BCUT2D eigenvalue weighted by Crippen LogP contribution is -2.46. The minimum absolute atomic E-state index is 0.00733. The van der Waals surface area contributed by atoms with Gasteiger partial charge in [0.05, 0.1) is 11.5 Å². The van der Waals surface area contributed by atoms with Crippen LogP contribution in [0.5, 0.6) is 0 Å². The summed E-state index contributed by atoms with van der Waals surface area (Å²) >= 11 is 5.54. The van der Waals surface area contributed by atoms with Gasteiger partial charge in [-0.05, 0) is 36.1 Å². The second-order valence-electron chi connectivity index (χ2n) is 8.26. The Balaban J connectivity index is 2.05. The fourth-order valence-electron chi connectivity index (χ4n) is 2.78. The lowest BCUT2D eigenvalue weighted by molar-refractivity contribution is -0.130. The van der Waals surface area contributed by atoms with Crippen LogP contribution in [0.15, 0.2) is 54.6 Å². The van der Waals surface area contributed by atoms with Gasteiger partial charge in [0.15, 0.2) is 0 Å². The number of carbonyl (C=O) groups is 2. The Hall–Kier alpha value is -1.92. The molecule has 0 saturated carbocycles. The second-order valence-corrected chi connectivity index (χ2v) is 9.56. The SMILES string of the molecule is CN(C)c1ccc(CC[C@@H](NC(=O)C(C)(C)CS)C(=O)SCc2ccccc2)cc1. The van der Waals surface area contributed by atoms with E-state index in [0.29, 0.717) is 17.9 Å². The molecule has 1 atom stereocenters. The molecule has 0 spiro atoms. The zero-order valence-electron chi connectivity index (χ0n) is 18.2. The molecule has 0 aliphatic carbocycles. The summed E-state index contributed by atoms with van der Waals surface area (Å²) in [5.41, 5.74) is 2.75. The molecule has 0 bridgehead atoms. The summed E-state index contributed by atoms with van der Waals surface area (Å²) < 4.78 is 0. The first-order valence-electron chi connectivity index (χ1n) is 10.1. The summed E-state index contributed by atoms with van der Waals surface area (Å²) in [5, 5.41) is 2.97. The molecule has 2 aromatic rings. The molecule has 0 radical (unpaired) electrons. The molecule has 30 heavy (non-hydrogen) atoms.